The molecule has 0 unspecified atom stereocenters. The normalized spacial score (nSPS) is 15.5. The number of benzene rings is 2. The van der Waals surface area contributed by atoms with E-state index in [-0.39, 0.29) is 18.0 Å². The molecular formula is C21H19Cl2N3O5. The van der Waals surface area contributed by atoms with Crippen LogP contribution >= 0.6 is 23.2 Å². The summed E-state index contributed by atoms with van der Waals surface area (Å²) in [5.41, 5.74) is 4.28. The van der Waals surface area contributed by atoms with Crippen molar-refractivity contribution in [3.63, 3.8) is 0 Å². The van der Waals surface area contributed by atoms with Crippen LogP contribution < -0.4 is 10.7 Å². The molecule has 8 nitrogen and oxygen atoms in total. The minimum atomic E-state index is -0.788. The molecule has 2 N–H and O–H groups in total. The molecule has 0 aliphatic carbocycles. The van der Waals surface area contributed by atoms with E-state index in [0.29, 0.717) is 16.3 Å². The van der Waals surface area contributed by atoms with Gasteiger partial charge in [0.15, 0.2) is 6.61 Å². The number of hydrogen-bond acceptors (Lipinski definition) is 5. The summed E-state index contributed by atoms with van der Waals surface area (Å²) in [4.78, 5) is 48.7. The van der Waals surface area contributed by atoms with E-state index < -0.39 is 36.2 Å². The largest absolute Gasteiger partial charge is 0.455 e. The Bertz CT molecular complexity index is 1030. The van der Waals surface area contributed by atoms with Crippen LogP contribution in [0.2, 0.25) is 10.0 Å². The Morgan fingerprint density at radius 3 is 2.48 bits per heavy atom. The van der Waals surface area contributed by atoms with Crippen LogP contribution in [-0.2, 0) is 19.1 Å². The number of halogens is 2. The van der Waals surface area contributed by atoms with E-state index in [2.05, 4.69) is 10.7 Å². The molecule has 0 saturated carbocycles. The molecule has 0 aromatic heterocycles. The molecule has 0 bridgehead atoms. The summed E-state index contributed by atoms with van der Waals surface area (Å²) in [5, 5.41) is 4.23. The van der Waals surface area contributed by atoms with Crippen molar-refractivity contribution in [1.29, 1.82) is 0 Å². The van der Waals surface area contributed by atoms with Gasteiger partial charge in [0, 0.05) is 17.7 Å². The number of carbonyl (C=O) groups excluding carboxylic acids is 4. The summed E-state index contributed by atoms with van der Waals surface area (Å²) in [6.07, 6.45) is -0.124. The highest BCUT2D eigenvalue weighted by atomic mass is 35.5. The van der Waals surface area contributed by atoms with Crippen LogP contribution in [0.5, 0.6) is 0 Å². The van der Waals surface area contributed by atoms with E-state index in [9.17, 15) is 19.2 Å². The van der Waals surface area contributed by atoms with Crippen LogP contribution in [0, 0.1) is 12.8 Å². The molecule has 31 heavy (non-hydrogen) atoms. The highest BCUT2D eigenvalue weighted by Gasteiger charge is 2.36. The Labute approximate surface area is 188 Å². The number of amides is 3. The molecule has 1 atom stereocenters. The van der Waals surface area contributed by atoms with Crippen molar-refractivity contribution in [2.75, 3.05) is 18.5 Å². The lowest BCUT2D eigenvalue weighted by molar-refractivity contribution is -0.151. The maximum Gasteiger partial charge on any atom is 0.311 e. The van der Waals surface area contributed by atoms with Gasteiger partial charge in [0.2, 0.25) is 5.91 Å². The lowest BCUT2D eigenvalue weighted by atomic mass is 10.1. The van der Waals surface area contributed by atoms with Crippen LogP contribution in [-0.4, -0.2) is 41.9 Å². The van der Waals surface area contributed by atoms with E-state index in [4.69, 9.17) is 27.9 Å². The lowest BCUT2D eigenvalue weighted by Gasteiger charge is -2.17. The molecule has 3 rings (SSSR count). The van der Waals surface area contributed by atoms with Crippen molar-refractivity contribution in [3.05, 3.63) is 63.6 Å². The number of carbonyl (C=O) groups is 4. The molecule has 0 spiro atoms. The van der Waals surface area contributed by atoms with E-state index in [1.165, 1.54) is 12.1 Å². The second-order valence-electron chi connectivity index (χ2n) is 7.00. The molecule has 1 aliphatic heterocycles. The number of ether oxygens (including phenoxy) is 1. The van der Waals surface area contributed by atoms with Crippen LogP contribution in [0.15, 0.2) is 42.5 Å². The first-order chi connectivity index (χ1) is 14.7. The number of rotatable bonds is 6. The van der Waals surface area contributed by atoms with Gasteiger partial charge in [-0.05, 0) is 37.3 Å². The second kappa shape index (κ2) is 9.80. The van der Waals surface area contributed by atoms with Crippen LogP contribution in [0.1, 0.15) is 22.3 Å². The minimum Gasteiger partial charge on any atom is -0.455 e. The standard InChI is InChI=1S/C21H19Cl2N3O5/c1-12-2-4-13(5-3-12)20(29)25-26-10-14(8-19(26)28)21(30)31-11-18(27)24-15-6-7-16(22)17(23)9-15/h2-7,9,14H,8,10-11H2,1H3,(H,24,27)(H,25,29)/t14-/m0/s1. The van der Waals surface area contributed by atoms with Gasteiger partial charge in [0.25, 0.3) is 11.8 Å². The molecule has 1 aliphatic rings. The van der Waals surface area contributed by atoms with Crippen molar-refractivity contribution < 1.29 is 23.9 Å². The molecule has 2 aromatic rings. The van der Waals surface area contributed by atoms with Gasteiger partial charge < -0.3 is 10.1 Å². The monoisotopic (exact) mass is 463 g/mol. The predicted octanol–water partition coefficient (Wildman–Crippen LogP) is 2.98. The zero-order chi connectivity index (χ0) is 22.5. The van der Waals surface area contributed by atoms with Crippen molar-refractivity contribution in [1.82, 2.24) is 10.4 Å². The fourth-order valence-corrected chi connectivity index (χ4v) is 3.19. The van der Waals surface area contributed by atoms with Gasteiger partial charge in [-0.25, -0.2) is 0 Å². The number of hydrazine groups is 1. The number of aryl methyl sites for hydroxylation is 1. The number of anilines is 1. The van der Waals surface area contributed by atoms with E-state index in [0.717, 1.165) is 10.6 Å². The van der Waals surface area contributed by atoms with Gasteiger partial charge in [0.05, 0.1) is 22.5 Å². The average Bonchev–Trinajstić information content (AvgIpc) is 3.10. The highest BCUT2D eigenvalue weighted by molar-refractivity contribution is 6.42. The molecule has 2 aromatic carbocycles. The molecular weight excluding hydrogens is 445 g/mol. The maximum absolute atomic E-state index is 12.3. The van der Waals surface area contributed by atoms with Crippen molar-refractivity contribution >= 4 is 52.6 Å². The van der Waals surface area contributed by atoms with E-state index >= 15 is 0 Å². The van der Waals surface area contributed by atoms with Gasteiger partial charge in [-0.1, -0.05) is 40.9 Å². The second-order valence-corrected chi connectivity index (χ2v) is 7.81. The van der Waals surface area contributed by atoms with E-state index in [1.54, 1.807) is 30.3 Å². The topological polar surface area (TPSA) is 105 Å². The van der Waals surface area contributed by atoms with E-state index in [1.807, 2.05) is 6.92 Å². The van der Waals surface area contributed by atoms with Gasteiger partial charge in [-0.15, -0.1) is 0 Å². The Balaban J connectivity index is 1.48. The lowest BCUT2D eigenvalue weighted by Crippen LogP contribution is -2.43. The average molecular weight is 464 g/mol. The fourth-order valence-electron chi connectivity index (χ4n) is 2.89. The van der Waals surface area contributed by atoms with Crippen molar-refractivity contribution in [3.8, 4) is 0 Å². The number of hydrogen-bond donors (Lipinski definition) is 2. The number of esters is 1. The number of nitrogens with one attached hydrogen (secondary N) is 2. The Kier molecular flexibility index (Phi) is 7.14. The Morgan fingerprint density at radius 1 is 1.10 bits per heavy atom. The van der Waals surface area contributed by atoms with Crippen molar-refractivity contribution in [2.24, 2.45) is 5.92 Å². The summed E-state index contributed by atoms with van der Waals surface area (Å²) in [6.45, 7) is 1.33. The summed E-state index contributed by atoms with van der Waals surface area (Å²) >= 11 is 11.7. The first kappa shape index (κ1) is 22.6. The number of nitrogens with zero attached hydrogens (tertiary/aromatic N) is 1. The van der Waals surface area contributed by atoms with Crippen LogP contribution in [0.25, 0.3) is 0 Å². The van der Waals surface area contributed by atoms with Crippen LogP contribution in [0.4, 0.5) is 5.69 Å². The quantitative estimate of drug-likeness (QED) is 0.640. The van der Waals surface area contributed by atoms with Gasteiger partial charge >= 0.3 is 5.97 Å². The van der Waals surface area contributed by atoms with Crippen molar-refractivity contribution in [2.45, 2.75) is 13.3 Å². The maximum atomic E-state index is 12.3. The highest BCUT2D eigenvalue weighted by Crippen LogP contribution is 2.25. The minimum absolute atomic E-state index is 0.0380. The first-order valence-corrected chi connectivity index (χ1v) is 10.1. The van der Waals surface area contributed by atoms with Crippen LogP contribution in [0.3, 0.4) is 0 Å². The molecule has 0 radical (unpaired) electrons. The van der Waals surface area contributed by atoms with Gasteiger partial charge in [-0.2, -0.15) is 0 Å². The third kappa shape index (κ3) is 5.96. The third-order valence-electron chi connectivity index (χ3n) is 4.56. The first-order valence-electron chi connectivity index (χ1n) is 9.32. The SMILES string of the molecule is Cc1ccc(C(=O)NN2C[C@@H](C(=O)OCC(=O)Nc3ccc(Cl)c(Cl)c3)CC2=O)cc1. The summed E-state index contributed by atoms with van der Waals surface area (Å²) in [6, 6.07) is 11.4. The summed E-state index contributed by atoms with van der Waals surface area (Å²) < 4.78 is 5.01. The Morgan fingerprint density at radius 2 is 1.81 bits per heavy atom. The predicted molar refractivity (Wildman–Crippen MR) is 115 cm³/mol. The molecule has 1 saturated heterocycles. The van der Waals surface area contributed by atoms with Gasteiger partial charge in [-0.3, -0.25) is 29.6 Å². The molecule has 1 fully saturated rings. The zero-order valence-electron chi connectivity index (χ0n) is 16.5. The van der Waals surface area contributed by atoms with Gasteiger partial charge in [0.1, 0.15) is 0 Å². The molecule has 1 heterocycles. The molecule has 3 amide bonds. The Hall–Kier alpha value is -3.10. The zero-order valence-corrected chi connectivity index (χ0v) is 18.0. The molecule has 10 heteroatoms. The molecule has 162 valence electrons. The summed E-state index contributed by atoms with van der Waals surface area (Å²) in [7, 11) is 0. The summed E-state index contributed by atoms with van der Waals surface area (Å²) in [5.74, 6) is -2.93. The third-order valence-corrected chi connectivity index (χ3v) is 5.30. The smallest absolute Gasteiger partial charge is 0.311 e. The fraction of sp³-hybridized carbons (Fsp3) is 0.238.